The van der Waals surface area contributed by atoms with Crippen molar-refractivity contribution in [1.82, 2.24) is 10.2 Å². The van der Waals surface area contributed by atoms with E-state index in [2.05, 4.69) is 5.32 Å². The van der Waals surface area contributed by atoms with Gasteiger partial charge in [0.15, 0.2) is 0 Å². The predicted octanol–water partition coefficient (Wildman–Crippen LogP) is 1.36. The number of likely N-dealkylation sites (N-methyl/N-ethyl adjacent to an activating group) is 1. The number of halogens is 3. The topological polar surface area (TPSA) is 67.6 Å². The average molecular weight is 356 g/mol. The molecule has 0 fully saturated rings. The quantitative estimate of drug-likeness (QED) is 0.774. The van der Waals surface area contributed by atoms with Crippen LogP contribution in [-0.4, -0.2) is 51.2 Å². The molecule has 0 saturated carbocycles. The predicted molar refractivity (Wildman–Crippen MR) is 90.2 cm³/mol. The zero-order chi connectivity index (χ0) is 15.1. The van der Waals surface area contributed by atoms with E-state index in [1.807, 2.05) is 25.1 Å². The largest absolute Gasteiger partial charge is 0.383 e. The maximum absolute atomic E-state index is 13.3. The van der Waals surface area contributed by atoms with Gasteiger partial charge in [0, 0.05) is 13.7 Å². The van der Waals surface area contributed by atoms with Crippen molar-refractivity contribution in [2.75, 3.05) is 34.4 Å². The lowest BCUT2D eigenvalue weighted by atomic mass is 10.1. The Kier molecular flexibility index (Phi) is 12.3. The van der Waals surface area contributed by atoms with Crippen LogP contribution in [0.4, 0.5) is 4.39 Å². The second-order valence-electron chi connectivity index (χ2n) is 4.84. The number of benzene rings is 1. The number of nitrogens with two attached hydrogens (primary N) is 1. The number of carbonyl (C=O) groups is 1. The molecule has 1 amide bonds. The SMILES string of the molecule is COCC(N)C(=O)NCC(c1cccc(F)c1)N(C)C.Cl.Cl. The van der Waals surface area contributed by atoms with E-state index in [1.54, 1.807) is 6.07 Å². The maximum Gasteiger partial charge on any atom is 0.239 e. The van der Waals surface area contributed by atoms with Crippen LogP contribution in [-0.2, 0) is 9.53 Å². The summed E-state index contributed by atoms with van der Waals surface area (Å²) in [6.45, 7) is 0.519. The molecule has 8 heteroatoms. The second-order valence-corrected chi connectivity index (χ2v) is 4.84. The minimum atomic E-state index is -0.699. The zero-order valence-electron chi connectivity index (χ0n) is 12.9. The van der Waals surface area contributed by atoms with Gasteiger partial charge in [0.25, 0.3) is 0 Å². The lowest BCUT2D eigenvalue weighted by Gasteiger charge is -2.25. The lowest BCUT2D eigenvalue weighted by molar-refractivity contribution is -0.123. The van der Waals surface area contributed by atoms with Gasteiger partial charge in [-0.05, 0) is 31.8 Å². The molecule has 1 rings (SSSR count). The normalized spacial score (nSPS) is 12.8. The number of hydrogen-bond acceptors (Lipinski definition) is 4. The Bertz CT molecular complexity index is 450. The van der Waals surface area contributed by atoms with Crippen molar-refractivity contribution in [2.24, 2.45) is 5.73 Å². The summed E-state index contributed by atoms with van der Waals surface area (Å²) >= 11 is 0. The third-order valence-electron chi connectivity index (χ3n) is 3.01. The van der Waals surface area contributed by atoms with Crippen molar-refractivity contribution in [3.63, 3.8) is 0 Å². The molecule has 0 bridgehead atoms. The zero-order valence-corrected chi connectivity index (χ0v) is 14.5. The molecule has 0 aromatic heterocycles. The molecule has 0 spiro atoms. The molecule has 0 aliphatic rings. The number of nitrogens with zero attached hydrogens (tertiary/aromatic N) is 1. The Hall–Kier alpha value is -0.920. The first-order valence-electron chi connectivity index (χ1n) is 6.39. The molecule has 22 heavy (non-hydrogen) atoms. The Morgan fingerprint density at radius 3 is 2.55 bits per heavy atom. The second kappa shape index (κ2) is 11.6. The standard InChI is InChI=1S/C14H22FN3O2.2ClH/c1-18(2)13(10-5-4-6-11(15)7-10)8-17-14(19)12(16)9-20-3;;/h4-7,12-13H,8-9,16H2,1-3H3,(H,17,19);2*1H. The van der Waals surface area contributed by atoms with Gasteiger partial charge in [0.1, 0.15) is 11.9 Å². The van der Waals surface area contributed by atoms with Crippen LogP contribution in [0.3, 0.4) is 0 Å². The number of hydrogen-bond donors (Lipinski definition) is 2. The number of ether oxygens (including phenoxy) is 1. The fraction of sp³-hybridized carbons (Fsp3) is 0.500. The van der Waals surface area contributed by atoms with Crippen LogP contribution in [0.2, 0.25) is 0 Å². The van der Waals surface area contributed by atoms with Crippen molar-refractivity contribution in [3.8, 4) is 0 Å². The molecule has 2 atom stereocenters. The number of amides is 1. The molecule has 2 unspecified atom stereocenters. The van der Waals surface area contributed by atoms with Gasteiger partial charge in [-0.2, -0.15) is 0 Å². The first-order valence-corrected chi connectivity index (χ1v) is 6.39. The Morgan fingerprint density at radius 1 is 1.41 bits per heavy atom. The summed E-state index contributed by atoms with van der Waals surface area (Å²) in [7, 11) is 5.23. The summed E-state index contributed by atoms with van der Waals surface area (Å²) in [6.07, 6.45) is 0. The minimum absolute atomic E-state index is 0. The molecule has 0 aliphatic heterocycles. The number of nitrogens with one attached hydrogen (secondary N) is 1. The molecule has 0 aliphatic carbocycles. The van der Waals surface area contributed by atoms with E-state index >= 15 is 0 Å². The van der Waals surface area contributed by atoms with Gasteiger partial charge in [-0.3, -0.25) is 4.79 Å². The van der Waals surface area contributed by atoms with Gasteiger partial charge >= 0.3 is 0 Å². The minimum Gasteiger partial charge on any atom is -0.383 e. The number of rotatable bonds is 7. The molecule has 0 radical (unpaired) electrons. The highest BCUT2D eigenvalue weighted by molar-refractivity contribution is 5.85. The summed E-state index contributed by atoms with van der Waals surface area (Å²) < 4.78 is 18.1. The molecular formula is C14H24Cl2FN3O2. The fourth-order valence-corrected chi connectivity index (χ4v) is 1.90. The molecule has 1 aromatic rings. The molecule has 128 valence electrons. The van der Waals surface area contributed by atoms with Crippen LogP contribution in [0.25, 0.3) is 0 Å². The third kappa shape index (κ3) is 7.38. The van der Waals surface area contributed by atoms with Crippen molar-refractivity contribution in [2.45, 2.75) is 12.1 Å². The Labute approximate surface area is 143 Å². The van der Waals surface area contributed by atoms with Gasteiger partial charge < -0.3 is 20.7 Å². The van der Waals surface area contributed by atoms with Gasteiger partial charge in [-0.1, -0.05) is 12.1 Å². The van der Waals surface area contributed by atoms with Crippen LogP contribution >= 0.6 is 24.8 Å². The summed E-state index contributed by atoms with van der Waals surface area (Å²) in [4.78, 5) is 13.7. The molecule has 0 saturated heterocycles. The van der Waals surface area contributed by atoms with E-state index in [0.717, 1.165) is 5.56 Å². The smallest absolute Gasteiger partial charge is 0.239 e. The molecule has 0 heterocycles. The lowest BCUT2D eigenvalue weighted by Crippen LogP contribution is -2.45. The molecular weight excluding hydrogens is 332 g/mol. The van der Waals surface area contributed by atoms with E-state index in [-0.39, 0.29) is 49.2 Å². The van der Waals surface area contributed by atoms with Crippen LogP contribution in [0, 0.1) is 5.82 Å². The van der Waals surface area contributed by atoms with Crippen molar-refractivity contribution >= 4 is 30.7 Å². The third-order valence-corrected chi connectivity index (χ3v) is 3.01. The van der Waals surface area contributed by atoms with E-state index < -0.39 is 6.04 Å². The Morgan fingerprint density at radius 2 is 2.05 bits per heavy atom. The first-order chi connectivity index (χ1) is 9.45. The fourth-order valence-electron chi connectivity index (χ4n) is 1.90. The van der Waals surface area contributed by atoms with Gasteiger partial charge in [-0.15, -0.1) is 24.8 Å². The van der Waals surface area contributed by atoms with Crippen molar-refractivity contribution in [3.05, 3.63) is 35.6 Å². The Balaban J connectivity index is 0. The average Bonchev–Trinajstić information content (AvgIpc) is 2.38. The van der Waals surface area contributed by atoms with E-state index in [9.17, 15) is 9.18 Å². The monoisotopic (exact) mass is 355 g/mol. The van der Waals surface area contributed by atoms with E-state index in [1.165, 1.54) is 19.2 Å². The van der Waals surface area contributed by atoms with E-state index in [0.29, 0.717) is 6.54 Å². The highest BCUT2D eigenvalue weighted by atomic mass is 35.5. The van der Waals surface area contributed by atoms with Crippen LogP contribution in [0.5, 0.6) is 0 Å². The highest BCUT2D eigenvalue weighted by Crippen LogP contribution is 2.18. The highest BCUT2D eigenvalue weighted by Gasteiger charge is 2.18. The first kappa shape index (κ1) is 23.3. The van der Waals surface area contributed by atoms with Crippen molar-refractivity contribution in [1.29, 1.82) is 0 Å². The molecule has 3 N–H and O–H groups in total. The van der Waals surface area contributed by atoms with Crippen LogP contribution in [0.1, 0.15) is 11.6 Å². The van der Waals surface area contributed by atoms with Crippen molar-refractivity contribution < 1.29 is 13.9 Å². The van der Waals surface area contributed by atoms with Crippen LogP contribution in [0.15, 0.2) is 24.3 Å². The maximum atomic E-state index is 13.3. The summed E-state index contributed by atoms with van der Waals surface area (Å²) in [5.41, 5.74) is 6.44. The summed E-state index contributed by atoms with van der Waals surface area (Å²) in [5, 5.41) is 2.76. The van der Waals surface area contributed by atoms with Gasteiger partial charge in [0.2, 0.25) is 5.91 Å². The van der Waals surface area contributed by atoms with Gasteiger partial charge in [0.05, 0.1) is 12.6 Å². The molecule has 5 nitrogen and oxygen atoms in total. The van der Waals surface area contributed by atoms with Gasteiger partial charge in [-0.25, -0.2) is 4.39 Å². The summed E-state index contributed by atoms with van der Waals surface area (Å²) in [6, 6.07) is 5.52. The van der Waals surface area contributed by atoms with Crippen LogP contribution < -0.4 is 11.1 Å². The molecule has 1 aromatic carbocycles. The number of carbonyl (C=O) groups excluding carboxylic acids is 1. The number of methoxy groups -OCH3 is 1. The van der Waals surface area contributed by atoms with E-state index in [4.69, 9.17) is 10.5 Å². The summed E-state index contributed by atoms with van der Waals surface area (Å²) in [5.74, 6) is -0.577.